The largest absolute Gasteiger partial charge is 0.399 e. The quantitative estimate of drug-likeness (QED) is 0.741. The maximum Gasteiger partial charge on any atom is 0.123 e. The zero-order valence-electron chi connectivity index (χ0n) is 12.0. The number of nitrogens with zero attached hydrogens (tertiary/aromatic N) is 2. The zero-order chi connectivity index (χ0) is 14.8. The van der Waals surface area contributed by atoms with Gasteiger partial charge in [0.05, 0.1) is 11.0 Å². The number of hydrogen-bond acceptors (Lipinski definition) is 2. The van der Waals surface area contributed by atoms with E-state index in [4.69, 9.17) is 5.73 Å². The molecule has 0 unspecified atom stereocenters. The van der Waals surface area contributed by atoms with E-state index in [1.54, 1.807) is 0 Å². The summed E-state index contributed by atoms with van der Waals surface area (Å²) in [4.78, 5) is 4.69. The molecule has 3 aromatic rings. The van der Waals surface area contributed by atoms with Crippen molar-refractivity contribution in [2.45, 2.75) is 26.3 Å². The highest BCUT2D eigenvalue weighted by Gasteiger charge is 2.10. The highest BCUT2D eigenvalue weighted by atomic mass is 19.1. The van der Waals surface area contributed by atoms with Crippen molar-refractivity contribution in [3.63, 3.8) is 0 Å². The number of halogens is 1. The summed E-state index contributed by atoms with van der Waals surface area (Å²) in [7, 11) is 0. The maximum absolute atomic E-state index is 13.0. The lowest BCUT2D eigenvalue weighted by molar-refractivity contribution is 0.626. The van der Waals surface area contributed by atoms with Crippen molar-refractivity contribution in [2.75, 3.05) is 5.73 Å². The fourth-order valence-corrected chi connectivity index (χ4v) is 2.56. The molecule has 1 heterocycles. The molecule has 0 atom stereocenters. The van der Waals surface area contributed by atoms with Crippen LogP contribution in [0.15, 0.2) is 42.5 Å². The normalized spacial score (nSPS) is 11.1. The average Bonchev–Trinajstić information content (AvgIpc) is 2.79. The van der Waals surface area contributed by atoms with E-state index in [1.807, 2.05) is 30.3 Å². The van der Waals surface area contributed by atoms with E-state index in [9.17, 15) is 4.39 Å². The average molecular weight is 283 g/mol. The second-order valence-corrected chi connectivity index (χ2v) is 5.24. The Morgan fingerprint density at radius 1 is 1.14 bits per heavy atom. The van der Waals surface area contributed by atoms with Gasteiger partial charge in [0.1, 0.15) is 11.6 Å². The van der Waals surface area contributed by atoms with Crippen LogP contribution in [0.4, 0.5) is 10.1 Å². The highest BCUT2D eigenvalue weighted by molar-refractivity contribution is 5.79. The number of hydrogen-bond donors (Lipinski definition) is 1. The van der Waals surface area contributed by atoms with E-state index in [2.05, 4.69) is 16.5 Å². The van der Waals surface area contributed by atoms with Gasteiger partial charge in [-0.1, -0.05) is 19.1 Å². The Kier molecular flexibility index (Phi) is 3.60. The molecule has 2 aromatic carbocycles. The van der Waals surface area contributed by atoms with Crippen molar-refractivity contribution in [3.05, 3.63) is 59.7 Å². The van der Waals surface area contributed by atoms with Crippen LogP contribution in [-0.4, -0.2) is 9.55 Å². The van der Waals surface area contributed by atoms with Gasteiger partial charge in [-0.25, -0.2) is 9.37 Å². The lowest BCUT2D eigenvalue weighted by Gasteiger charge is -2.09. The number of nitrogen functional groups attached to an aromatic ring is 1. The van der Waals surface area contributed by atoms with E-state index >= 15 is 0 Å². The second kappa shape index (κ2) is 5.56. The smallest absolute Gasteiger partial charge is 0.123 e. The Bertz CT molecular complexity index is 760. The number of aromatic nitrogens is 2. The lowest BCUT2D eigenvalue weighted by Crippen LogP contribution is -2.05. The number of rotatable bonds is 4. The molecule has 0 aliphatic heterocycles. The fourth-order valence-electron chi connectivity index (χ4n) is 2.56. The van der Waals surface area contributed by atoms with Crippen LogP contribution in [0.1, 0.15) is 24.7 Å². The molecule has 0 fully saturated rings. The SMILES string of the molecule is CCCc1nc2cc(N)ccc2n1Cc1ccc(F)cc1. The summed E-state index contributed by atoms with van der Waals surface area (Å²) in [5.74, 6) is 0.832. The van der Waals surface area contributed by atoms with Crippen molar-refractivity contribution in [3.8, 4) is 0 Å². The molecule has 0 spiro atoms. The molecule has 3 nitrogen and oxygen atoms in total. The predicted octanol–water partition coefficient (Wildman–Crippen LogP) is 3.76. The van der Waals surface area contributed by atoms with Crippen LogP contribution in [0.2, 0.25) is 0 Å². The van der Waals surface area contributed by atoms with Gasteiger partial charge >= 0.3 is 0 Å². The Hall–Kier alpha value is -2.36. The van der Waals surface area contributed by atoms with Gasteiger partial charge in [0.15, 0.2) is 0 Å². The van der Waals surface area contributed by atoms with Crippen LogP contribution in [0.25, 0.3) is 11.0 Å². The molecule has 0 bridgehead atoms. The van der Waals surface area contributed by atoms with E-state index in [1.165, 1.54) is 12.1 Å². The van der Waals surface area contributed by atoms with Gasteiger partial charge in [-0.05, 0) is 42.3 Å². The van der Waals surface area contributed by atoms with E-state index in [0.29, 0.717) is 6.54 Å². The van der Waals surface area contributed by atoms with E-state index < -0.39 is 0 Å². The second-order valence-electron chi connectivity index (χ2n) is 5.24. The summed E-state index contributed by atoms with van der Waals surface area (Å²) in [5, 5.41) is 0. The number of aryl methyl sites for hydroxylation is 1. The van der Waals surface area contributed by atoms with Gasteiger partial charge in [0.25, 0.3) is 0 Å². The Morgan fingerprint density at radius 2 is 1.90 bits per heavy atom. The molecule has 21 heavy (non-hydrogen) atoms. The molecule has 4 heteroatoms. The Morgan fingerprint density at radius 3 is 2.62 bits per heavy atom. The number of anilines is 1. The Balaban J connectivity index is 2.06. The monoisotopic (exact) mass is 283 g/mol. The van der Waals surface area contributed by atoms with Crippen molar-refractivity contribution in [1.82, 2.24) is 9.55 Å². The summed E-state index contributed by atoms with van der Waals surface area (Å²) in [6.45, 7) is 2.83. The summed E-state index contributed by atoms with van der Waals surface area (Å²) >= 11 is 0. The molecular formula is C17H18FN3. The minimum atomic E-state index is -0.212. The van der Waals surface area contributed by atoms with Crippen molar-refractivity contribution >= 4 is 16.7 Å². The zero-order valence-corrected chi connectivity index (χ0v) is 12.0. The Labute approximate surface area is 123 Å². The topological polar surface area (TPSA) is 43.8 Å². The van der Waals surface area contributed by atoms with Crippen LogP contribution in [0, 0.1) is 5.82 Å². The van der Waals surface area contributed by atoms with Gasteiger partial charge in [0.2, 0.25) is 0 Å². The van der Waals surface area contributed by atoms with Crippen LogP contribution in [0.3, 0.4) is 0 Å². The first-order chi connectivity index (χ1) is 10.2. The number of fused-ring (bicyclic) bond motifs is 1. The van der Waals surface area contributed by atoms with Gasteiger partial charge in [-0.15, -0.1) is 0 Å². The first-order valence-electron chi connectivity index (χ1n) is 7.16. The molecule has 2 N–H and O–H groups in total. The number of benzene rings is 2. The summed E-state index contributed by atoms with van der Waals surface area (Å²) in [6, 6.07) is 12.4. The lowest BCUT2D eigenvalue weighted by atomic mass is 10.2. The molecule has 0 radical (unpaired) electrons. The maximum atomic E-state index is 13.0. The third-order valence-corrected chi connectivity index (χ3v) is 3.58. The predicted molar refractivity (Wildman–Crippen MR) is 83.6 cm³/mol. The summed E-state index contributed by atoms with van der Waals surface area (Å²) in [5.41, 5.74) is 9.60. The fraction of sp³-hybridized carbons (Fsp3) is 0.235. The van der Waals surface area contributed by atoms with Crippen LogP contribution < -0.4 is 5.73 Å². The molecular weight excluding hydrogens is 265 g/mol. The van der Waals surface area contributed by atoms with Crippen molar-refractivity contribution in [2.24, 2.45) is 0 Å². The van der Waals surface area contributed by atoms with Crippen LogP contribution >= 0.6 is 0 Å². The minimum absolute atomic E-state index is 0.212. The van der Waals surface area contributed by atoms with Crippen LogP contribution in [-0.2, 0) is 13.0 Å². The molecule has 0 amide bonds. The molecule has 108 valence electrons. The summed E-state index contributed by atoms with van der Waals surface area (Å²) < 4.78 is 15.2. The highest BCUT2D eigenvalue weighted by Crippen LogP contribution is 2.21. The molecule has 1 aromatic heterocycles. The van der Waals surface area contributed by atoms with Gasteiger partial charge in [-0.3, -0.25) is 0 Å². The van der Waals surface area contributed by atoms with E-state index in [-0.39, 0.29) is 5.82 Å². The molecule has 0 saturated carbocycles. The number of nitrogens with two attached hydrogens (primary N) is 1. The minimum Gasteiger partial charge on any atom is -0.399 e. The van der Waals surface area contributed by atoms with E-state index in [0.717, 1.165) is 41.0 Å². The van der Waals surface area contributed by atoms with Gasteiger partial charge in [0, 0.05) is 18.7 Å². The van der Waals surface area contributed by atoms with Gasteiger partial charge in [-0.2, -0.15) is 0 Å². The van der Waals surface area contributed by atoms with Crippen molar-refractivity contribution < 1.29 is 4.39 Å². The van der Waals surface area contributed by atoms with Crippen LogP contribution in [0.5, 0.6) is 0 Å². The number of imidazole rings is 1. The first kappa shape index (κ1) is 13.6. The summed E-state index contributed by atoms with van der Waals surface area (Å²) in [6.07, 6.45) is 1.94. The third-order valence-electron chi connectivity index (χ3n) is 3.58. The third kappa shape index (κ3) is 2.75. The molecule has 3 rings (SSSR count). The molecule has 0 aliphatic carbocycles. The molecule has 0 saturated heterocycles. The van der Waals surface area contributed by atoms with Gasteiger partial charge < -0.3 is 10.3 Å². The standard InChI is InChI=1S/C17H18FN3/c1-2-3-17-20-15-10-14(19)8-9-16(15)21(17)11-12-4-6-13(18)7-5-12/h4-10H,2-3,11,19H2,1H3. The molecule has 0 aliphatic rings. The first-order valence-corrected chi connectivity index (χ1v) is 7.16. The van der Waals surface area contributed by atoms with Crippen molar-refractivity contribution in [1.29, 1.82) is 0 Å².